The van der Waals surface area contributed by atoms with E-state index < -0.39 is 24.2 Å². The first kappa shape index (κ1) is 25.9. The second-order valence-corrected chi connectivity index (χ2v) is 12.0. The lowest BCUT2D eigenvalue weighted by atomic mass is 9.45. The molecule has 7 nitrogen and oxygen atoms in total. The smallest absolute Gasteiger partial charge is 0.240 e. The van der Waals surface area contributed by atoms with Gasteiger partial charge in [-0.05, 0) is 77.4 Å². The van der Waals surface area contributed by atoms with Crippen LogP contribution in [0.5, 0.6) is 5.75 Å². The third-order valence-corrected chi connectivity index (χ3v) is 9.45. The number of carbonyl (C=O) groups is 1. The number of benzene rings is 1. The minimum absolute atomic E-state index is 0.108. The molecule has 4 fully saturated rings. The predicted molar refractivity (Wildman–Crippen MR) is 133 cm³/mol. The second-order valence-electron chi connectivity index (χ2n) is 11.2. The SMILES string of the molecule is COc1c(Br)cc(C)cc1CN1O[C@@H](CO)[C@@H]([C@H](C)O)[C@H]1C(=O)N[C@H]1C[C@@H]2C[C@H]([C@@H]1C)C2(C)C. The number of aliphatic hydroxyl groups excluding tert-OH is 2. The number of carbonyl (C=O) groups excluding carboxylic acids is 1. The quantitative estimate of drug-likeness (QED) is 0.492. The lowest BCUT2D eigenvalue weighted by molar-refractivity contribution is -0.183. The van der Waals surface area contributed by atoms with Crippen molar-refractivity contribution >= 4 is 21.8 Å². The standard InChI is InChI=1S/C26H39BrN2O5/c1-13-7-16(24(33-6)19(27)8-13)11-29-23(22(15(3)31)21(12-30)34-29)25(32)28-20-10-17-9-18(14(20)2)26(17,4)5/h7-8,14-15,17-18,20-23,30-31H,9-12H2,1-6H3,(H,28,32)/t14-,15-,17-,18+,20-,21-,22+,23-/m0/s1. The molecule has 5 rings (SSSR count). The maximum absolute atomic E-state index is 13.7. The van der Waals surface area contributed by atoms with Gasteiger partial charge in [0.15, 0.2) is 0 Å². The molecule has 0 aromatic heterocycles. The van der Waals surface area contributed by atoms with Crippen LogP contribution in [0.4, 0.5) is 0 Å². The lowest BCUT2D eigenvalue weighted by Gasteiger charge is -2.62. The van der Waals surface area contributed by atoms with Crippen LogP contribution < -0.4 is 10.1 Å². The predicted octanol–water partition coefficient (Wildman–Crippen LogP) is 3.43. The number of aliphatic hydroxyl groups is 2. The van der Waals surface area contributed by atoms with E-state index in [1.165, 1.54) is 6.42 Å². The van der Waals surface area contributed by atoms with E-state index in [1.807, 2.05) is 19.1 Å². The van der Waals surface area contributed by atoms with E-state index in [0.717, 1.165) is 22.0 Å². The molecule has 3 N–H and O–H groups in total. The second kappa shape index (κ2) is 9.69. The molecule has 0 unspecified atom stereocenters. The molecule has 1 aromatic carbocycles. The largest absolute Gasteiger partial charge is 0.495 e. The van der Waals surface area contributed by atoms with Gasteiger partial charge in [-0.2, -0.15) is 5.06 Å². The molecule has 0 radical (unpaired) electrons. The monoisotopic (exact) mass is 538 g/mol. The summed E-state index contributed by atoms with van der Waals surface area (Å²) >= 11 is 3.56. The summed E-state index contributed by atoms with van der Waals surface area (Å²) in [5.74, 6) is 1.61. The van der Waals surface area contributed by atoms with Crippen LogP contribution in [0, 0.1) is 36.0 Å². The van der Waals surface area contributed by atoms with E-state index in [0.29, 0.717) is 35.5 Å². The summed E-state index contributed by atoms with van der Waals surface area (Å²) in [5, 5.41) is 25.5. The van der Waals surface area contributed by atoms with Crippen LogP contribution in [0.1, 0.15) is 51.7 Å². The summed E-state index contributed by atoms with van der Waals surface area (Å²) in [7, 11) is 1.61. The van der Waals surface area contributed by atoms with E-state index in [9.17, 15) is 15.0 Å². The third kappa shape index (κ3) is 4.41. The molecule has 190 valence electrons. The average molecular weight is 540 g/mol. The molecule has 0 spiro atoms. The Balaban J connectivity index is 1.59. The molecule has 8 heteroatoms. The molecule has 1 amide bonds. The number of halogens is 1. The summed E-state index contributed by atoms with van der Waals surface area (Å²) in [4.78, 5) is 19.8. The van der Waals surface area contributed by atoms with Crippen LogP contribution in [0.25, 0.3) is 0 Å². The van der Waals surface area contributed by atoms with Crippen molar-refractivity contribution in [3.05, 3.63) is 27.7 Å². The van der Waals surface area contributed by atoms with E-state index in [2.05, 4.69) is 42.0 Å². The minimum atomic E-state index is -0.819. The van der Waals surface area contributed by atoms with Crippen molar-refractivity contribution in [1.29, 1.82) is 0 Å². The Morgan fingerprint density at radius 1 is 1.38 bits per heavy atom. The molecule has 1 aromatic rings. The molecule has 4 aliphatic rings. The molecule has 1 aliphatic heterocycles. The van der Waals surface area contributed by atoms with Gasteiger partial charge in [0.05, 0.1) is 30.8 Å². The first-order valence-corrected chi connectivity index (χ1v) is 13.1. The number of aryl methyl sites for hydroxylation is 1. The van der Waals surface area contributed by atoms with Gasteiger partial charge in [-0.25, -0.2) is 0 Å². The molecule has 3 aliphatic carbocycles. The fourth-order valence-electron chi connectivity index (χ4n) is 6.80. The Labute approximate surface area is 211 Å². The number of amides is 1. The highest BCUT2D eigenvalue weighted by Gasteiger charge is 2.57. The van der Waals surface area contributed by atoms with Crippen molar-refractivity contribution in [2.75, 3.05) is 13.7 Å². The highest BCUT2D eigenvalue weighted by Crippen LogP contribution is 2.61. The van der Waals surface area contributed by atoms with Crippen molar-refractivity contribution in [2.45, 2.75) is 78.3 Å². The molecular weight excluding hydrogens is 500 g/mol. The van der Waals surface area contributed by atoms with E-state index >= 15 is 0 Å². The van der Waals surface area contributed by atoms with Crippen LogP contribution in [-0.2, 0) is 16.2 Å². The fraction of sp³-hybridized carbons (Fsp3) is 0.731. The van der Waals surface area contributed by atoms with Gasteiger partial charge in [0.1, 0.15) is 17.9 Å². The fourth-order valence-corrected chi connectivity index (χ4v) is 7.58. The summed E-state index contributed by atoms with van der Waals surface area (Å²) in [6, 6.07) is 3.37. The molecule has 2 bridgehead atoms. The zero-order chi connectivity index (χ0) is 24.9. The number of methoxy groups -OCH3 is 1. The highest BCUT2D eigenvalue weighted by atomic mass is 79.9. The van der Waals surface area contributed by atoms with Crippen molar-refractivity contribution in [3.8, 4) is 5.75 Å². The molecular formula is C26H39BrN2O5. The van der Waals surface area contributed by atoms with Crippen molar-refractivity contribution in [2.24, 2.45) is 29.1 Å². The Hall–Kier alpha value is -1.19. The van der Waals surface area contributed by atoms with Gasteiger partial charge >= 0.3 is 0 Å². The molecule has 34 heavy (non-hydrogen) atoms. The van der Waals surface area contributed by atoms with Gasteiger partial charge in [0.2, 0.25) is 5.91 Å². The van der Waals surface area contributed by atoms with Gasteiger partial charge in [0.25, 0.3) is 0 Å². The first-order chi connectivity index (χ1) is 16.0. The number of rotatable bonds is 7. The normalized spacial score (nSPS) is 35.5. The van der Waals surface area contributed by atoms with E-state index in [1.54, 1.807) is 19.1 Å². The van der Waals surface area contributed by atoms with Crippen molar-refractivity contribution in [1.82, 2.24) is 10.4 Å². The number of nitrogens with zero attached hydrogens (tertiary/aromatic N) is 1. The number of nitrogens with one attached hydrogen (secondary N) is 1. The van der Waals surface area contributed by atoms with Crippen LogP contribution in [-0.4, -0.2) is 59.2 Å². The zero-order valence-electron chi connectivity index (χ0n) is 21.0. The number of fused-ring (bicyclic) bond motifs is 2. The van der Waals surface area contributed by atoms with Crippen LogP contribution in [0.15, 0.2) is 16.6 Å². The lowest BCUT2D eigenvalue weighted by Crippen LogP contribution is -2.62. The minimum Gasteiger partial charge on any atom is -0.495 e. The van der Waals surface area contributed by atoms with Gasteiger partial charge in [-0.1, -0.05) is 26.8 Å². The van der Waals surface area contributed by atoms with Crippen molar-refractivity contribution < 1.29 is 24.6 Å². The average Bonchev–Trinajstić information content (AvgIpc) is 3.13. The van der Waals surface area contributed by atoms with Gasteiger partial charge in [-0.3, -0.25) is 9.63 Å². The summed E-state index contributed by atoms with van der Waals surface area (Å²) in [5.41, 5.74) is 2.25. The zero-order valence-corrected chi connectivity index (χ0v) is 22.6. The molecule has 8 atom stereocenters. The highest BCUT2D eigenvalue weighted by molar-refractivity contribution is 9.10. The van der Waals surface area contributed by atoms with Gasteiger partial charge in [0, 0.05) is 17.5 Å². The summed E-state index contributed by atoms with van der Waals surface area (Å²) in [6.45, 7) is 10.6. The first-order valence-electron chi connectivity index (χ1n) is 12.3. The maximum atomic E-state index is 13.7. The van der Waals surface area contributed by atoms with Gasteiger partial charge < -0.3 is 20.3 Å². The van der Waals surface area contributed by atoms with E-state index in [-0.39, 0.29) is 18.6 Å². The Morgan fingerprint density at radius 2 is 2.09 bits per heavy atom. The van der Waals surface area contributed by atoms with E-state index in [4.69, 9.17) is 9.57 Å². The summed E-state index contributed by atoms with van der Waals surface area (Å²) in [6.07, 6.45) is 0.737. The van der Waals surface area contributed by atoms with Gasteiger partial charge in [-0.15, -0.1) is 0 Å². The number of ether oxygens (including phenoxy) is 1. The van der Waals surface area contributed by atoms with Crippen LogP contribution >= 0.6 is 15.9 Å². The third-order valence-electron chi connectivity index (χ3n) is 8.86. The Bertz CT molecular complexity index is 923. The molecule has 1 heterocycles. The van der Waals surface area contributed by atoms with Crippen LogP contribution in [0.3, 0.4) is 0 Å². The number of hydrogen-bond donors (Lipinski definition) is 3. The topological polar surface area (TPSA) is 91.3 Å². The van der Waals surface area contributed by atoms with Crippen LogP contribution in [0.2, 0.25) is 0 Å². The number of hydrogen-bond acceptors (Lipinski definition) is 6. The molecule has 3 saturated carbocycles. The Morgan fingerprint density at radius 3 is 2.65 bits per heavy atom. The van der Waals surface area contributed by atoms with Crippen molar-refractivity contribution in [3.63, 3.8) is 0 Å². The summed E-state index contributed by atoms with van der Waals surface area (Å²) < 4.78 is 6.44. The Kier molecular flexibility index (Phi) is 7.38. The molecule has 1 saturated heterocycles. The number of hydroxylamine groups is 2. The maximum Gasteiger partial charge on any atom is 0.240 e.